The Hall–Kier alpha value is -2.68. The van der Waals surface area contributed by atoms with E-state index in [1.807, 2.05) is 31.2 Å². The first kappa shape index (κ1) is 18.1. The third-order valence-electron chi connectivity index (χ3n) is 3.84. The highest BCUT2D eigenvalue weighted by Gasteiger charge is 2.18. The zero-order valence-electron chi connectivity index (χ0n) is 14.5. The Morgan fingerprint density at radius 1 is 1.38 bits per heavy atom. The highest BCUT2D eigenvalue weighted by atomic mass is 32.2. The molecular formula is C17H18N5O3S-. The van der Waals surface area contributed by atoms with Crippen LogP contribution in [0, 0.1) is 0 Å². The van der Waals surface area contributed by atoms with Gasteiger partial charge in [0.05, 0.1) is 24.0 Å². The third kappa shape index (κ3) is 3.77. The number of carboxylic acid groups (broad SMARTS) is 1. The van der Waals surface area contributed by atoms with Crippen molar-refractivity contribution in [1.82, 2.24) is 25.0 Å². The highest BCUT2D eigenvalue weighted by molar-refractivity contribution is 8.00. The number of hydrogen-bond acceptors (Lipinski definition) is 8. The monoisotopic (exact) mass is 372 g/mol. The summed E-state index contributed by atoms with van der Waals surface area (Å²) in [5.41, 5.74) is 1.70. The molecular weight excluding hydrogens is 354 g/mol. The molecule has 1 atom stereocenters. The fourth-order valence-electron chi connectivity index (χ4n) is 2.48. The van der Waals surface area contributed by atoms with E-state index in [4.69, 9.17) is 4.74 Å². The Bertz CT molecular complexity index is 914. The summed E-state index contributed by atoms with van der Waals surface area (Å²) in [6, 6.07) is 7.34. The van der Waals surface area contributed by atoms with Crippen molar-refractivity contribution < 1.29 is 14.6 Å². The van der Waals surface area contributed by atoms with E-state index >= 15 is 0 Å². The van der Waals surface area contributed by atoms with E-state index in [2.05, 4.69) is 20.3 Å². The first-order valence-electron chi connectivity index (χ1n) is 8.22. The lowest BCUT2D eigenvalue weighted by atomic mass is 10.2. The Balaban J connectivity index is 1.96. The van der Waals surface area contributed by atoms with Gasteiger partial charge in [-0.05, 0) is 18.6 Å². The molecule has 0 aliphatic carbocycles. The second-order valence-corrected chi connectivity index (χ2v) is 6.81. The number of hydrogen-bond donors (Lipinski definition) is 0. The predicted molar refractivity (Wildman–Crippen MR) is 95.2 cm³/mol. The van der Waals surface area contributed by atoms with Crippen molar-refractivity contribution in [3.63, 3.8) is 0 Å². The summed E-state index contributed by atoms with van der Waals surface area (Å²) < 4.78 is 6.81. The Labute approximate surface area is 154 Å². The van der Waals surface area contributed by atoms with Gasteiger partial charge < -0.3 is 14.6 Å². The minimum absolute atomic E-state index is 0.461. The fraction of sp³-hybridized carbons (Fsp3) is 0.353. The molecule has 0 unspecified atom stereocenters. The maximum absolute atomic E-state index is 11.4. The summed E-state index contributed by atoms with van der Waals surface area (Å²) in [7, 11) is 1.59. The van der Waals surface area contributed by atoms with E-state index < -0.39 is 11.2 Å². The van der Waals surface area contributed by atoms with Crippen LogP contribution >= 0.6 is 11.8 Å². The Morgan fingerprint density at radius 2 is 2.23 bits per heavy atom. The van der Waals surface area contributed by atoms with Crippen LogP contribution in [0.2, 0.25) is 0 Å². The molecule has 9 heteroatoms. The molecule has 0 saturated carbocycles. The molecule has 0 bridgehead atoms. The largest absolute Gasteiger partial charge is 0.549 e. The summed E-state index contributed by atoms with van der Waals surface area (Å²) >= 11 is 1.13. The van der Waals surface area contributed by atoms with Crippen LogP contribution in [0.5, 0.6) is 5.75 Å². The molecule has 0 fully saturated rings. The number of methoxy groups -OCH3 is 1. The van der Waals surface area contributed by atoms with Crippen molar-refractivity contribution >= 4 is 28.9 Å². The average Bonchev–Trinajstić information content (AvgIpc) is 3.10. The van der Waals surface area contributed by atoms with Gasteiger partial charge in [0.1, 0.15) is 17.1 Å². The minimum atomic E-state index is -1.10. The van der Waals surface area contributed by atoms with Crippen LogP contribution in [-0.4, -0.2) is 43.3 Å². The molecule has 26 heavy (non-hydrogen) atoms. The van der Waals surface area contributed by atoms with Gasteiger partial charge in [0, 0.05) is 6.07 Å². The van der Waals surface area contributed by atoms with E-state index in [0.29, 0.717) is 28.4 Å². The lowest BCUT2D eigenvalue weighted by Crippen LogP contribution is -2.33. The van der Waals surface area contributed by atoms with Gasteiger partial charge in [-0.2, -0.15) is 4.68 Å². The van der Waals surface area contributed by atoms with E-state index in [1.165, 1.54) is 6.33 Å². The molecule has 0 N–H and O–H groups in total. The molecule has 2 aromatic heterocycles. The molecule has 8 nitrogen and oxygen atoms in total. The Kier molecular flexibility index (Phi) is 5.67. The first-order chi connectivity index (χ1) is 12.6. The normalized spacial score (nSPS) is 12.2. The lowest BCUT2D eigenvalue weighted by molar-refractivity contribution is -0.304. The van der Waals surface area contributed by atoms with Gasteiger partial charge in [0.2, 0.25) is 0 Å². The van der Waals surface area contributed by atoms with Gasteiger partial charge in [0.25, 0.3) is 0 Å². The standard InChI is InChI=1S/C17H19N5O3S/c1-3-4-8-13(17(23)24)26-16-14-15(18-10-19-16)22(21-20-14)11-6-5-7-12(9-11)25-2/h5-7,9-10,13H,3-4,8H2,1-2H3,(H,23,24)/p-1/t13-/m1/s1. The number of carbonyl (C=O) groups is 1. The number of nitrogens with zero attached hydrogens (tertiary/aromatic N) is 5. The van der Waals surface area contributed by atoms with Crippen LogP contribution in [0.3, 0.4) is 0 Å². The quantitative estimate of drug-likeness (QED) is 0.434. The molecule has 2 heterocycles. The van der Waals surface area contributed by atoms with E-state index in [-0.39, 0.29) is 0 Å². The molecule has 0 radical (unpaired) electrons. The SMILES string of the molecule is CCCC[C@@H](Sc1ncnc2c1nnn2-c1cccc(OC)c1)C(=O)[O-]. The van der Waals surface area contributed by atoms with Gasteiger partial charge in [-0.1, -0.05) is 42.8 Å². The fourth-order valence-corrected chi connectivity index (χ4v) is 3.48. The van der Waals surface area contributed by atoms with Gasteiger partial charge >= 0.3 is 0 Å². The van der Waals surface area contributed by atoms with Crippen molar-refractivity contribution in [1.29, 1.82) is 0 Å². The van der Waals surface area contributed by atoms with Crippen LogP contribution < -0.4 is 9.84 Å². The molecule has 1 aromatic carbocycles. The number of carboxylic acids is 1. The predicted octanol–water partition coefficient (Wildman–Crippen LogP) is 1.62. The van der Waals surface area contributed by atoms with Crippen LogP contribution in [-0.2, 0) is 4.79 Å². The van der Waals surface area contributed by atoms with Crippen LogP contribution in [0.25, 0.3) is 16.9 Å². The van der Waals surface area contributed by atoms with Crippen molar-refractivity contribution in [3.05, 3.63) is 30.6 Å². The van der Waals surface area contributed by atoms with Gasteiger partial charge in [-0.15, -0.1) is 5.10 Å². The number of aromatic nitrogens is 5. The van der Waals surface area contributed by atoms with Gasteiger partial charge in [-0.25, -0.2) is 9.97 Å². The van der Waals surface area contributed by atoms with Crippen molar-refractivity contribution in [2.45, 2.75) is 36.5 Å². The first-order valence-corrected chi connectivity index (χ1v) is 9.10. The second kappa shape index (κ2) is 8.13. The van der Waals surface area contributed by atoms with E-state index in [1.54, 1.807) is 11.8 Å². The number of fused-ring (bicyclic) bond motifs is 1. The van der Waals surface area contributed by atoms with Crippen LogP contribution in [0.4, 0.5) is 0 Å². The molecule has 0 saturated heterocycles. The van der Waals surface area contributed by atoms with E-state index in [0.717, 1.165) is 30.3 Å². The number of rotatable bonds is 8. The molecule has 0 spiro atoms. The number of carbonyl (C=O) groups excluding carboxylic acids is 1. The molecule has 136 valence electrons. The van der Waals surface area contributed by atoms with Gasteiger partial charge in [0.15, 0.2) is 11.2 Å². The average molecular weight is 372 g/mol. The number of benzene rings is 1. The maximum Gasteiger partial charge on any atom is 0.187 e. The second-order valence-electron chi connectivity index (χ2n) is 5.62. The zero-order valence-corrected chi connectivity index (χ0v) is 15.3. The summed E-state index contributed by atoms with van der Waals surface area (Å²) in [6.45, 7) is 2.01. The number of unbranched alkanes of at least 4 members (excludes halogenated alkanes) is 1. The smallest absolute Gasteiger partial charge is 0.187 e. The molecule has 0 amide bonds. The maximum atomic E-state index is 11.4. The van der Waals surface area contributed by atoms with Crippen LogP contribution in [0.15, 0.2) is 35.6 Å². The minimum Gasteiger partial charge on any atom is -0.549 e. The molecule has 0 aliphatic heterocycles. The topological polar surface area (TPSA) is 106 Å². The summed E-state index contributed by atoms with van der Waals surface area (Å²) in [4.78, 5) is 19.9. The van der Waals surface area contributed by atoms with Crippen molar-refractivity contribution in [2.75, 3.05) is 7.11 Å². The van der Waals surface area contributed by atoms with Gasteiger partial charge in [-0.3, -0.25) is 0 Å². The Morgan fingerprint density at radius 3 is 2.96 bits per heavy atom. The van der Waals surface area contributed by atoms with Crippen molar-refractivity contribution in [2.24, 2.45) is 0 Å². The van der Waals surface area contributed by atoms with Crippen molar-refractivity contribution in [3.8, 4) is 11.4 Å². The number of thioether (sulfide) groups is 1. The van der Waals surface area contributed by atoms with E-state index in [9.17, 15) is 9.90 Å². The summed E-state index contributed by atoms with van der Waals surface area (Å²) in [5, 5.41) is 19.5. The summed E-state index contributed by atoms with van der Waals surface area (Å²) in [6.07, 6.45) is 3.61. The lowest BCUT2D eigenvalue weighted by Gasteiger charge is -2.16. The molecule has 0 aliphatic rings. The third-order valence-corrected chi connectivity index (χ3v) is 5.07. The molecule has 3 aromatic rings. The zero-order chi connectivity index (χ0) is 18.5. The number of aliphatic carboxylic acids is 1. The molecule has 3 rings (SSSR count). The highest BCUT2D eigenvalue weighted by Crippen LogP contribution is 2.30. The summed E-state index contributed by atoms with van der Waals surface area (Å²) in [5.74, 6) is -0.415. The number of ether oxygens (including phenoxy) is 1. The van der Waals surface area contributed by atoms with Crippen LogP contribution in [0.1, 0.15) is 26.2 Å².